The average Bonchev–Trinajstić information content (AvgIpc) is 2.35. The van der Waals surface area contributed by atoms with Crippen LogP contribution in [0, 0.1) is 13.8 Å². The number of nitrogens with one attached hydrogen (secondary N) is 1. The number of anilines is 1. The third kappa shape index (κ3) is 2.73. The Bertz CT molecular complexity index is 599. The number of amides is 1. The van der Waals surface area contributed by atoms with E-state index in [0.717, 1.165) is 15.9 Å². The highest BCUT2D eigenvalue weighted by Crippen LogP contribution is 2.22. The normalized spacial score (nSPS) is 10.2. The lowest BCUT2D eigenvalue weighted by atomic mass is 10.2. The summed E-state index contributed by atoms with van der Waals surface area (Å²) in [5.74, 6) is -0.183. The predicted molar refractivity (Wildman–Crippen MR) is 73.6 cm³/mol. The first-order chi connectivity index (χ1) is 8.58. The second kappa shape index (κ2) is 5.27. The number of aryl methyl sites for hydroxylation is 2. The van der Waals surface area contributed by atoms with Crippen LogP contribution in [-0.2, 0) is 0 Å². The number of benzene rings is 1. The Hall–Kier alpha value is -1.75. The molecular formula is C13H12BrN3O. The zero-order valence-electron chi connectivity index (χ0n) is 10.1. The predicted octanol–water partition coefficient (Wildman–Crippen LogP) is 3.11. The summed E-state index contributed by atoms with van der Waals surface area (Å²) in [6, 6.07) is 9.19. The zero-order chi connectivity index (χ0) is 13.1. The highest BCUT2D eigenvalue weighted by molar-refractivity contribution is 9.10. The fourth-order valence-corrected chi connectivity index (χ4v) is 1.92. The van der Waals surface area contributed by atoms with Gasteiger partial charge in [0.05, 0.1) is 22.6 Å². The molecule has 0 aliphatic carbocycles. The SMILES string of the molecule is Cc1cc(C(=O)Nc2ccccc2Br)c(C)nn1. The standard InChI is InChI=1S/C13H12BrN3O/c1-8-7-10(9(2)17-16-8)13(18)15-12-6-4-3-5-11(12)14/h3-7H,1-2H3,(H,15,18). The molecule has 5 heteroatoms. The molecule has 2 rings (SSSR count). The zero-order valence-corrected chi connectivity index (χ0v) is 11.7. The number of para-hydroxylation sites is 1. The minimum atomic E-state index is -0.183. The Morgan fingerprint density at radius 2 is 1.94 bits per heavy atom. The van der Waals surface area contributed by atoms with E-state index in [1.165, 1.54) is 0 Å². The third-order valence-electron chi connectivity index (χ3n) is 2.47. The van der Waals surface area contributed by atoms with E-state index >= 15 is 0 Å². The summed E-state index contributed by atoms with van der Waals surface area (Å²) in [6.07, 6.45) is 0. The monoisotopic (exact) mass is 305 g/mol. The molecule has 0 fully saturated rings. The van der Waals surface area contributed by atoms with Crippen molar-refractivity contribution < 1.29 is 4.79 Å². The van der Waals surface area contributed by atoms with Crippen molar-refractivity contribution in [2.75, 3.05) is 5.32 Å². The lowest BCUT2D eigenvalue weighted by Gasteiger charge is -2.08. The van der Waals surface area contributed by atoms with Crippen molar-refractivity contribution in [3.05, 3.63) is 51.8 Å². The van der Waals surface area contributed by atoms with Gasteiger partial charge in [-0.1, -0.05) is 12.1 Å². The molecule has 0 spiro atoms. The molecule has 92 valence electrons. The molecule has 1 aromatic carbocycles. The van der Waals surface area contributed by atoms with Crippen LogP contribution in [0.1, 0.15) is 21.7 Å². The van der Waals surface area contributed by atoms with Crippen LogP contribution < -0.4 is 5.32 Å². The molecular weight excluding hydrogens is 294 g/mol. The van der Waals surface area contributed by atoms with Crippen molar-refractivity contribution in [3.63, 3.8) is 0 Å². The number of halogens is 1. The lowest BCUT2D eigenvalue weighted by Crippen LogP contribution is -2.15. The molecule has 2 aromatic rings. The van der Waals surface area contributed by atoms with Crippen molar-refractivity contribution in [2.45, 2.75) is 13.8 Å². The van der Waals surface area contributed by atoms with Gasteiger partial charge < -0.3 is 5.32 Å². The van der Waals surface area contributed by atoms with Gasteiger partial charge in [-0.25, -0.2) is 0 Å². The number of hydrogen-bond acceptors (Lipinski definition) is 3. The van der Waals surface area contributed by atoms with Crippen molar-refractivity contribution in [3.8, 4) is 0 Å². The van der Waals surface area contributed by atoms with Gasteiger partial charge in [0.15, 0.2) is 0 Å². The first-order valence-electron chi connectivity index (χ1n) is 5.45. The summed E-state index contributed by atoms with van der Waals surface area (Å²) < 4.78 is 0.842. The highest BCUT2D eigenvalue weighted by atomic mass is 79.9. The highest BCUT2D eigenvalue weighted by Gasteiger charge is 2.12. The van der Waals surface area contributed by atoms with Gasteiger partial charge in [-0.3, -0.25) is 4.79 Å². The van der Waals surface area contributed by atoms with Crippen molar-refractivity contribution in [2.24, 2.45) is 0 Å². The number of nitrogens with zero attached hydrogens (tertiary/aromatic N) is 2. The van der Waals surface area contributed by atoms with E-state index in [0.29, 0.717) is 11.3 Å². The molecule has 1 heterocycles. The smallest absolute Gasteiger partial charge is 0.257 e. The molecule has 4 nitrogen and oxygen atoms in total. The molecule has 0 aliphatic rings. The minimum absolute atomic E-state index is 0.183. The molecule has 1 aromatic heterocycles. The Morgan fingerprint density at radius 3 is 2.67 bits per heavy atom. The van der Waals surface area contributed by atoms with E-state index in [9.17, 15) is 4.79 Å². The molecule has 0 atom stereocenters. The van der Waals surface area contributed by atoms with Crippen molar-refractivity contribution in [1.29, 1.82) is 0 Å². The topological polar surface area (TPSA) is 54.9 Å². The molecule has 0 saturated heterocycles. The van der Waals surface area contributed by atoms with Crippen LogP contribution in [0.5, 0.6) is 0 Å². The molecule has 1 amide bonds. The molecule has 0 bridgehead atoms. The van der Waals surface area contributed by atoms with E-state index in [-0.39, 0.29) is 5.91 Å². The van der Waals surface area contributed by atoms with Gasteiger partial charge >= 0.3 is 0 Å². The van der Waals surface area contributed by atoms with Gasteiger partial charge in [-0.15, -0.1) is 0 Å². The fraction of sp³-hybridized carbons (Fsp3) is 0.154. The first kappa shape index (κ1) is 12.7. The van der Waals surface area contributed by atoms with Crippen LogP contribution in [0.15, 0.2) is 34.8 Å². The molecule has 0 unspecified atom stereocenters. The Morgan fingerprint density at radius 1 is 1.22 bits per heavy atom. The maximum absolute atomic E-state index is 12.1. The largest absolute Gasteiger partial charge is 0.321 e. The Labute approximate surface area is 114 Å². The van der Waals surface area contributed by atoms with Crippen molar-refractivity contribution >= 4 is 27.5 Å². The maximum Gasteiger partial charge on any atom is 0.257 e. The summed E-state index contributed by atoms with van der Waals surface area (Å²) in [5.41, 5.74) is 2.61. The van der Waals surface area contributed by atoms with Gasteiger partial charge in [0, 0.05) is 4.47 Å². The summed E-state index contributed by atoms with van der Waals surface area (Å²) in [4.78, 5) is 12.1. The van der Waals surface area contributed by atoms with Crippen LogP contribution in [-0.4, -0.2) is 16.1 Å². The maximum atomic E-state index is 12.1. The summed E-state index contributed by atoms with van der Waals surface area (Å²) in [7, 11) is 0. The lowest BCUT2D eigenvalue weighted by molar-refractivity contribution is 0.102. The van der Waals surface area contributed by atoms with E-state index < -0.39 is 0 Å². The number of aromatic nitrogens is 2. The average molecular weight is 306 g/mol. The van der Waals surface area contributed by atoms with Crippen LogP contribution in [0.4, 0.5) is 5.69 Å². The second-order valence-corrected chi connectivity index (χ2v) is 4.77. The quantitative estimate of drug-likeness (QED) is 0.927. The van der Waals surface area contributed by atoms with Gasteiger partial charge in [-0.2, -0.15) is 10.2 Å². The number of hydrogen-bond donors (Lipinski definition) is 1. The fourth-order valence-electron chi connectivity index (χ4n) is 1.53. The summed E-state index contributed by atoms with van der Waals surface area (Å²) >= 11 is 3.39. The molecule has 18 heavy (non-hydrogen) atoms. The Balaban J connectivity index is 2.28. The summed E-state index contributed by atoms with van der Waals surface area (Å²) in [6.45, 7) is 3.57. The third-order valence-corrected chi connectivity index (χ3v) is 3.16. The van der Waals surface area contributed by atoms with Gasteiger partial charge in [0.25, 0.3) is 5.91 Å². The molecule has 0 saturated carbocycles. The van der Waals surface area contributed by atoms with Gasteiger partial charge in [-0.05, 0) is 48.0 Å². The molecule has 0 aliphatic heterocycles. The Kier molecular flexibility index (Phi) is 3.72. The van der Waals surface area contributed by atoms with Crippen LogP contribution in [0.25, 0.3) is 0 Å². The second-order valence-electron chi connectivity index (χ2n) is 3.92. The van der Waals surface area contributed by atoms with E-state index in [1.807, 2.05) is 31.2 Å². The van der Waals surface area contributed by atoms with Crippen LogP contribution >= 0.6 is 15.9 Å². The number of carbonyl (C=O) groups is 1. The first-order valence-corrected chi connectivity index (χ1v) is 6.24. The van der Waals surface area contributed by atoms with Gasteiger partial charge in [0.1, 0.15) is 0 Å². The number of carbonyl (C=O) groups excluding carboxylic acids is 1. The van der Waals surface area contributed by atoms with E-state index in [1.54, 1.807) is 13.0 Å². The van der Waals surface area contributed by atoms with Crippen LogP contribution in [0.3, 0.4) is 0 Å². The van der Waals surface area contributed by atoms with E-state index in [4.69, 9.17) is 0 Å². The molecule has 0 radical (unpaired) electrons. The van der Waals surface area contributed by atoms with Crippen LogP contribution in [0.2, 0.25) is 0 Å². The van der Waals surface area contributed by atoms with Gasteiger partial charge in [0.2, 0.25) is 0 Å². The van der Waals surface area contributed by atoms with Crippen molar-refractivity contribution in [1.82, 2.24) is 10.2 Å². The summed E-state index contributed by atoms with van der Waals surface area (Å²) in [5, 5.41) is 10.7. The molecule has 1 N–H and O–H groups in total. The van der Waals surface area contributed by atoms with E-state index in [2.05, 4.69) is 31.4 Å². The number of rotatable bonds is 2. The minimum Gasteiger partial charge on any atom is -0.321 e.